The van der Waals surface area contributed by atoms with Crippen molar-refractivity contribution in [2.75, 3.05) is 25.5 Å². The summed E-state index contributed by atoms with van der Waals surface area (Å²) >= 11 is 0. The first-order valence-electron chi connectivity index (χ1n) is 8.62. The number of rotatable bonds is 4. The van der Waals surface area contributed by atoms with Gasteiger partial charge >= 0.3 is 0 Å². The van der Waals surface area contributed by atoms with E-state index in [0.29, 0.717) is 6.10 Å². The molecular weight excluding hydrogens is 288 g/mol. The average molecular weight is 314 g/mol. The molecule has 1 aliphatic carbocycles. The van der Waals surface area contributed by atoms with Crippen molar-refractivity contribution in [3.63, 3.8) is 0 Å². The van der Waals surface area contributed by atoms with E-state index >= 15 is 0 Å². The molecule has 0 bridgehead atoms. The van der Waals surface area contributed by atoms with E-state index in [9.17, 15) is 4.79 Å². The van der Waals surface area contributed by atoms with Crippen molar-refractivity contribution in [2.45, 2.75) is 38.2 Å². The van der Waals surface area contributed by atoms with Crippen LogP contribution in [0.3, 0.4) is 0 Å². The first-order chi connectivity index (χ1) is 11.2. The van der Waals surface area contributed by atoms with Crippen molar-refractivity contribution in [3.05, 3.63) is 36.4 Å². The summed E-state index contributed by atoms with van der Waals surface area (Å²) in [5, 5.41) is 3.01. The second-order valence-electron chi connectivity index (χ2n) is 6.62. The number of amides is 1. The molecule has 124 valence electrons. The van der Waals surface area contributed by atoms with Gasteiger partial charge in [-0.25, -0.2) is 0 Å². The number of carbonyl (C=O) groups is 1. The lowest BCUT2D eigenvalue weighted by atomic mass is 9.93. The summed E-state index contributed by atoms with van der Waals surface area (Å²) in [4.78, 5) is 14.6. The van der Waals surface area contributed by atoms with Gasteiger partial charge in [-0.05, 0) is 63.4 Å². The molecule has 1 unspecified atom stereocenters. The molecule has 2 aliphatic rings. The first kappa shape index (κ1) is 16.1. The highest BCUT2D eigenvalue weighted by atomic mass is 16.5. The molecule has 1 aromatic carbocycles. The van der Waals surface area contributed by atoms with Gasteiger partial charge in [0.05, 0.1) is 0 Å². The zero-order chi connectivity index (χ0) is 16.1. The molecule has 23 heavy (non-hydrogen) atoms. The largest absolute Gasteiger partial charge is 0.490 e. The van der Waals surface area contributed by atoms with Gasteiger partial charge in [0.15, 0.2) is 0 Å². The smallest absolute Gasteiger partial charge is 0.227 e. The van der Waals surface area contributed by atoms with Crippen LogP contribution in [0, 0.1) is 5.92 Å². The predicted molar refractivity (Wildman–Crippen MR) is 92.7 cm³/mol. The Morgan fingerprint density at radius 1 is 1.13 bits per heavy atom. The summed E-state index contributed by atoms with van der Waals surface area (Å²) < 4.78 is 6.03. The van der Waals surface area contributed by atoms with E-state index in [0.717, 1.165) is 56.6 Å². The molecule has 1 N–H and O–H groups in total. The molecule has 0 saturated carbocycles. The summed E-state index contributed by atoms with van der Waals surface area (Å²) in [5.41, 5.74) is 0.847. The SMILES string of the molecule is CN1CCC(Oc2ccc(NC(=O)C3CC=CCC3)cc2)CC1. The molecule has 1 saturated heterocycles. The molecule has 1 aliphatic heterocycles. The molecule has 3 rings (SSSR count). The fourth-order valence-corrected chi connectivity index (χ4v) is 3.19. The molecule has 0 radical (unpaired) electrons. The van der Waals surface area contributed by atoms with Gasteiger partial charge in [-0.2, -0.15) is 0 Å². The standard InChI is InChI=1S/C19H26N2O2/c1-21-13-11-18(12-14-21)23-17-9-7-16(8-10-17)20-19(22)15-5-3-2-4-6-15/h2-3,7-10,15,18H,4-6,11-14H2,1H3,(H,20,22). The van der Waals surface area contributed by atoms with Crippen molar-refractivity contribution in [3.8, 4) is 5.75 Å². The lowest BCUT2D eigenvalue weighted by Crippen LogP contribution is -2.35. The summed E-state index contributed by atoms with van der Waals surface area (Å²) in [5.74, 6) is 1.12. The highest BCUT2D eigenvalue weighted by Gasteiger charge is 2.19. The summed E-state index contributed by atoms with van der Waals surface area (Å²) in [6.45, 7) is 2.18. The van der Waals surface area contributed by atoms with Crippen LogP contribution >= 0.6 is 0 Å². The van der Waals surface area contributed by atoms with Gasteiger partial charge in [-0.3, -0.25) is 4.79 Å². The number of hydrogen-bond donors (Lipinski definition) is 1. The minimum Gasteiger partial charge on any atom is -0.490 e. The minimum absolute atomic E-state index is 0.107. The highest BCUT2D eigenvalue weighted by Crippen LogP contribution is 2.23. The Labute approximate surface area is 138 Å². The quantitative estimate of drug-likeness (QED) is 0.866. The molecule has 1 amide bonds. The number of hydrogen-bond acceptors (Lipinski definition) is 3. The van der Waals surface area contributed by atoms with Crippen molar-refractivity contribution >= 4 is 11.6 Å². The maximum absolute atomic E-state index is 12.2. The Balaban J connectivity index is 1.50. The predicted octanol–water partition coefficient (Wildman–Crippen LogP) is 3.45. The second-order valence-corrected chi connectivity index (χ2v) is 6.62. The molecule has 0 aromatic heterocycles. The molecule has 1 fully saturated rings. The highest BCUT2D eigenvalue weighted by molar-refractivity contribution is 5.92. The van der Waals surface area contributed by atoms with Crippen LogP contribution in [0.15, 0.2) is 36.4 Å². The fourth-order valence-electron chi connectivity index (χ4n) is 3.19. The van der Waals surface area contributed by atoms with E-state index in [1.807, 2.05) is 24.3 Å². The van der Waals surface area contributed by atoms with Crippen LogP contribution in [0.2, 0.25) is 0 Å². The molecule has 1 heterocycles. The number of ether oxygens (including phenoxy) is 1. The number of carbonyl (C=O) groups excluding carboxylic acids is 1. The Morgan fingerprint density at radius 3 is 2.52 bits per heavy atom. The molecule has 4 heteroatoms. The lowest BCUT2D eigenvalue weighted by Gasteiger charge is -2.29. The van der Waals surface area contributed by atoms with E-state index in [4.69, 9.17) is 4.74 Å². The number of nitrogens with one attached hydrogen (secondary N) is 1. The van der Waals surface area contributed by atoms with Crippen LogP contribution in [0.1, 0.15) is 32.1 Å². The van der Waals surface area contributed by atoms with Gasteiger partial charge in [-0.1, -0.05) is 12.2 Å². The van der Waals surface area contributed by atoms with Crippen molar-refractivity contribution in [1.82, 2.24) is 4.90 Å². The van der Waals surface area contributed by atoms with Crippen LogP contribution in [0.4, 0.5) is 5.69 Å². The summed E-state index contributed by atoms with van der Waals surface area (Å²) in [7, 11) is 2.15. The Kier molecular flexibility index (Phi) is 5.34. The zero-order valence-electron chi connectivity index (χ0n) is 13.8. The number of likely N-dealkylation sites (tertiary alicyclic amines) is 1. The van der Waals surface area contributed by atoms with Gasteiger partial charge in [-0.15, -0.1) is 0 Å². The van der Waals surface area contributed by atoms with Crippen LogP contribution in [0.25, 0.3) is 0 Å². The van der Waals surface area contributed by atoms with Crippen molar-refractivity contribution in [2.24, 2.45) is 5.92 Å². The van der Waals surface area contributed by atoms with Gasteiger partial charge in [0.25, 0.3) is 0 Å². The number of benzene rings is 1. The van der Waals surface area contributed by atoms with Gasteiger partial charge in [0.2, 0.25) is 5.91 Å². The normalized spacial score (nSPS) is 22.7. The number of allylic oxidation sites excluding steroid dienone is 2. The van der Waals surface area contributed by atoms with Crippen LogP contribution < -0.4 is 10.1 Å². The zero-order valence-corrected chi connectivity index (χ0v) is 13.8. The Bertz CT molecular complexity index is 545. The second kappa shape index (κ2) is 7.64. The van der Waals surface area contributed by atoms with E-state index < -0.39 is 0 Å². The van der Waals surface area contributed by atoms with Crippen LogP contribution in [-0.2, 0) is 4.79 Å². The molecule has 4 nitrogen and oxygen atoms in total. The average Bonchev–Trinajstić information content (AvgIpc) is 2.59. The first-order valence-corrected chi connectivity index (χ1v) is 8.62. The van der Waals surface area contributed by atoms with E-state index in [1.54, 1.807) is 0 Å². The van der Waals surface area contributed by atoms with Gasteiger partial charge in [0, 0.05) is 24.7 Å². The Morgan fingerprint density at radius 2 is 1.87 bits per heavy atom. The van der Waals surface area contributed by atoms with Crippen molar-refractivity contribution < 1.29 is 9.53 Å². The van der Waals surface area contributed by atoms with E-state index in [-0.39, 0.29) is 11.8 Å². The van der Waals surface area contributed by atoms with E-state index in [2.05, 4.69) is 29.4 Å². The summed E-state index contributed by atoms with van der Waals surface area (Å²) in [6, 6.07) is 7.77. The van der Waals surface area contributed by atoms with Gasteiger partial charge < -0.3 is 15.0 Å². The van der Waals surface area contributed by atoms with E-state index in [1.165, 1.54) is 0 Å². The van der Waals surface area contributed by atoms with Crippen molar-refractivity contribution in [1.29, 1.82) is 0 Å². The maximum Gasteiger partial charge on any atom is 0.227 e. The minimum atomic E-state index is 0.107. The third-order valence-electron chi connectivity index (χ3n) is 4.73. The van der Waals surface area contributed by atoms with Gasteiger partial charge in [0.1, 0.15) is 11.9 Å². The lowest BCUT2D eigenvalue weighted by molar-refractivity contribution is -0.120. The summed E-state index contributed by atoms with van der Waals surface area (Å²) in [6.07, 6.45) is 9.50. The topological polar surface area (TPSA) is 41.6 Å². The fraction of sp³-hybridized carbons (Fsp3) is 0.526. The monoisotopic (exact) mass is 314 g/mol. The number of piperidine rings is 1. The van der Waals surface area contributed by atoms with Crippen LogP contribution in [-0.4, -0.2) is 37.0 Å². The number of nitrogens with zero attached hydrogens (tertiary/aromatic N) is 1. The maximum atomic E-state index is 12.2. The Hall–Kier alpha value is -1.81. The third kappa shape index (κ3) is 4.58. The molecule has 1 atom stereocenters. The molecular formula is C19H26N2O2. The molecule has 1 aromatic rings. The number of anilines is 1. The van der Waals surface area contributed by atoms with Crippen LogP contribution in [0.5, 0.6) is 5.75 Å². The third-order valence-corrected chi connectivity index (χ3v) is 4.73. The molecule has 0 spiro atoms.